The van der Waals surface area contributed by atoms with Crippen molar-refractivity contribution in [3.63, 3.8) is 0 Å². The molecule has 0 aromatic heterocycles. The summed E-state index contributed by atoms with van der Waals surface area (Å²) < 4.78 is 0. The monoisotopic (exact) mass is 130 g/mol. The molecule has 0 saturated heterocycles. The van der Waals surface area contributed by atoms with E-state index in [0.29, 0.717) is 4.86 Å². The Labute approximate surface area is 52.8 Å². The maximum atomic E-state index is 9.83. The molecule has 0 spiro atoms. The van der Waals surface area contributed by atoms with E-state index < -0.39 is 5.97 Å². The molecule has 2 nitrogen and oxygen atoms in total. The average Bonchev–Trinajstić information content (AvgIpc) is 1.65. The van der Waals surface area contributed by atoms with Crippen LogP contribution in [0.1, 0.15) is 6.42 Å². The number of hydrogen-bond acceptors (Lipinski definition) is 2. The SMILES string of the molecule is C=CC(=S)CC(=O)O. The first-order valence-corrected chi connectivity index (χ1v) is 2.44. The molecule has 0 atom stereocenters. The molecule has 0 heterocycles. The quantitative estimate of drug-likeness (QED) is 0.457. The lowest BCUT2D eigenvalue weighted by molar-refractivity contribution is -0.135. The molecule has 0 rings (SSSR count). The molecule has 0 aliphatic rings. The molecule has 0 aromatic carbocycles. The number of allylic oxidation sites excluding steroid dienone is 1. The summed E-state index contributed by atoms with van der Waals surface area (Å²) in [5, 5.41) is 8.08. The molecule has 0 amide bonds. The van der Waals surface area contributed by atoms with E-state index in [1.807, 2.05) is 0 Å². The second kappa shape index (κ2) is 3.32. The molecule has 44 valence electrons. The van der Waals surface area contributed by atoms with Gasteiger partial charge in [-0.05, 0) is 0 Å². The summed E-state index contributed by atoms with van der Waals surface area (Å²) in [5.74, 6) is -0.908. The number of carboxylic acid groups (broad SMARTS) is 1. The molecule has 0 saturated carbocycles. The smallest absolute Gasteiger partial charge is 0.308 e. The van der Waals surface area contributed by atoms with Gasteiger partial charge in [0.2, 0.25) is 0 Å². The van der Waals surface area contributed by atoms with Crippen LogP contribution in [-0.4, -0.2) is 15.9 Å². The Hall–Kier alpha value is -0.700. The van der Waals surface area contributed by atoms with Crippen molar-refractivity contribution in [1.29, 1.82) is 0 Å². The topological polar surface area (TPSA) is 37.3 Å². The summed E-state index contributed by atoms with van der Waals surface area (Å²) in [5.41, 5.74) is 0. The molecule has 0 aliphatic heterocycles. The van der Waals surface area contributed by atoms with Gasteiger partial charge in [0.25, 0.3) is 0 Å². The number of carbonyl (C=O) groups is 1. The Bertz CT molecular complexity index is 128. The standard InChI is InChI=1S/C5H6O2S/c1-2-4(8)3-5(6)7/h2H,1,3H2,(H,6,7). The molecule has 3 heteroatoms. The van der Waals surface area contributed by atoms with Crippen LogP contribution in [0, 0.1) is 0 Å². The van der Waals surface area contributed by atoms with Crippen LogP contribution in [0.25, 0.3) is 0 Å². The molecular formula is C5H6O2S. The predicted molar refractivity (Wildman–Crippen MR) is 35.0 cm³/mol. The lowest BCUT2D eigenvalue weighted by atomic mass is 10.3. The minimum Gasteiger partial charge on any atom is -0.481 e. The first kappa shape index (κ1) is 7.30. The van der Waals surface area contributed by atoms with Crippen LogP contribution in [0.3, 0.4) is 0 Å². The van der Waals surface area contributed by atoms with Gasteiger partial charge in [-0.3, -0.25) is 4.79 Å². The lowest BCUT2D eigenvalue weighted by Crippen LogP contribution is -2.00. The van der Waals surface area contributed by atoms with E-state index in [9.17, 15) is 4.79 Å². The zero-order valence-corrected chi connectivity index (χ0v) is 5.07. The Balaban J connectivity index is 3.55. The van der Waals surface area contributed by atoms with Gasteiger partial charge in [-0.25, -0.2) is 0 Å². The number of aliphatic carboxylic acids is 1. The van der Waals surface area contributed by atoms with Crippen molar-refractivity contribution >= 4 is 23.1 Å². The molecule has 0 aromatic rings. The predicted octanol–water partition coefficient (Wildman–Crippen LogP) is 1.02. The summed E-state index contributed by atoms with van der Waals surface area (Å²) >= 11 is 4.53. The summed E-state index contributed by atoms with van der Waals surface area (Å²) in [7, 11) is 0. The third kappa shape index (κ3) is 3.49. The Morgan fingerprint density at radius 1 is 1.88 bits per heavy atom. The lowest BCUT2D eigenvalue weighted by Gasteiger charge is -1.86. The van der Waals surface area contributed by atoms with Crippen molar-refractivity contribution < 1.29 is 9.90 Å². The molecule has 1 N–H and O–H groups in total. The summed E-state index contributed by atoms with van der Waals surface area (Å²) in [4.78, 5) is 10.2. The summed E-state index contributed by atoms with van der Waals surface area (Å²) in [6.07, 6.45) is 1.28. The van der Waals surface area contributed by atoms with Crippen molar-refractivity contribution in [3.05, 3.63) is 12.7 Å². The second-order valence-electron chi connectivity index (χ2n) is 1.24. The molecular weight excluding hydrogens is 124 g/mol. The molecule has 8 heavy (non-hydrogen) atoms. The van der Waals surface area contributed by atoms with Crippen LogP contribution < -0.4 is 0 Å². The molecule has 0 radical (unpaired) electrons. The van der Waals surface area contributed by atoms with Gasteiger partial charge >= 0.3 is 5.97 Å². The fraction of sp³-hybridized carbons (Fsp3) is 0.200. The third-order valence-corrected chi connectivity index (χ3v) is 0.864. The zero-order valence-electron chi connectivity index (χ0n) is 4.26. The largest absolute Gasteiger partial charge is 0.481 e. The van der Waals surface area contributed by atoms with Crippen LogP contribution in [0.5, 0.6) is 0 Å². The summed E-state index contributed by atoms with van der Waals surface area (Å²) in [6, 6.07) is 0. The van der Waals surface area contributed by atoms with Gasteiger partial charge < -0.3 is 5.11 Å². The highest BCUT2D eigenvalue weighted by atomic mass is 32.1. The van der Waals surface area contributed by atoms with Gasteiger partial charge in [0.15, 0.2) is 0 Å². The van der Waals surface area contributed by atoms with E-state index in [-0.39, 0.29) is 6.42 Å². The highest BCUT2D eigenvalue weighted by Crippen LogP contribution is 1.85. The van der Waals surface area contributed by atoms with E-state index in [1.54, 1.807) is 0 Å². The number of carboxylic acids is 1. The van der Waals surface area contributed by atoms with Gasteiger partial charge in [0, 0.05) is 4.86 Å². The minimum absolute atomic E-state index is 0.0845. The minimum atomic E-state index is -0.908. The van der Waals surface area contributed by atoms with E-state index in [0.717, 1.165) is 0 Å². The van der Waals surface area contributed by atoms with Gasteiger partial charge in [-0.2, -0.15) is 0 Å². The summed E-state index contributed by atoms with van der Waals surface area (Å²) in [6.45, 7) is 3.31. The molecule has 0 bridgehead atoms. The fourth-order valence-electron chi connectivity index (χ4n) is 0.221. The van der Waals surface area contributed by atoms with E-state index in [4.69, 9.17) is 5.11 Å². The van der Waals surface area contributed by atoms with Crippen LogP contribution in [-0.2, 0) is 4.79 Å². The highest BCUT2D eigenvalue weighted by molar-refractivity contribution is 7.80. The Morgan fingerprint density at radius 2 is 2.38 bits per heavy atom. The number of hydrogen-bond donors (Lipinski definition) is 1. The molecule has 0 fully saturated rings. The van der Waals surface area contributed by atoms with Crippen molar-refractivity contribution in [2.45, 2.75) is 6.42 Å². The maximum Gasteiger partial charge on any atom is 0.308 e. The van der Waals surface area contributed by atoms with Crippen LogP contribution in [0.15, 0.2) is 12.7 Å². The molecule has 0 aliphatic carbocycles. The van der Waals surface area contributed by atoms with Crippen LogP contribution in [0.2, 0.25) is 0 Å². The van der Waals surface area contributed by atoms with Gasteiger partial charge in [-0.1, -0.05) is 24.9 Å². The zero-order chi connectivity index (χ0) is 6.57. The molecule has 0 unspecified atom stereocenters. The fourth-order valence-corrected chi connectivity index (χ4v) is 0.345. The number of rotatable bonds is 3. The van der Waals surface area contributed by atoms with E-state index >= 15 is 0 Å². The van der Waals surface area contributed by atoms with Gasteiger partial charge in [0.05, 0.1) is 6.42 Å². The van der Waals surface area contributed by atoms with Gasteiger partial charge in [0.1, 0.15) is 0 Å². The third-order valence-electron chi connectivity index (χ3n) is 0.553. The normalized spacial score (nSPS) is 8.00. The van der Waals surface area contributed by atoms with E-state index in [1.165, 1.54) is 6.08 Å². The highest BCUT2D eigenvalue weighted by Gasteiger charge is 1.96. The Kier molecular flexibility index (Phi) is 3.03. The average molecular weight is 130 g/mol. The van der Waals surface area contributed by atoms with Gasteiger partial charge in [-0.15, -0.1) is 0 Å². The second-order valence-corrected chi connectivity index (χ2v) is 1.77. The van der Waals surface area contributed by atoms with Crippen molar-refractivity contribution in [3.8, 4) is 0 Å². The van der Waals surface area contributed by atoms with Crippen LogP contribution in [0.4, 0.5) is 0 Å². The van der Waals surface area contributed by atoms with Crippen LogP contribution >= 0.6 is 12.2 Å². The maximum absolute atomic E-state index is 9.83. The van der Waals surface area contributed by atoms with Crippen molar-refractivity contribution in [1.82, 2.24) is 0 Å². The Morgan fingerprint density at radius 3 is 2.50 bits per heavy atom. The number of thiocarbonyl (C=S) groups is 1. The van der Waals surface area contributed by atoms with Crippen molar-refractivity contribution in [2.75, 3.05) is 0 Å². The van der Waals surface area contributed by atoms with Crippen molar-refractivity contribution in [2.24, 2.45) is 0 Å². The first-order chi connectivity index (χ1) is 3.66. The van der Waals surface area contributed by atoms with E-state index in [2.05, 4.69) is 18.8 Å². The first-order valence-electron chi connectivity index (χ1n) is 2.04.